The summed E-state index contributed by atoms with van der Waals surface area (Å²) in [5, 5.41) is 18.8. The number of phenolic OH excluding ortho intramolecular Hbond substituents is 1. The van der Waals surface area contributed by atoms with Crippen LogP contribution in [0.5, 0.6) is 5.75 Å². The van der Waals surface area contributed by atoms with Crippen LogP contribution in [0.15, 0.2) is 48.5 Å². The minimum Gasteiger partial charge on any atom is -0.506 e. The van der Waals surface area contributed by atoms with Crippen LogP contribution in [-0.2, 0) is 16.1 Å². The summed E-state index contributed by atoms with van der Waals surface area (Å²) in [6.07, 6.45) is -0.323. The number of hydroxylamine groups is 1. The summed E-state index contributed by atoms with van der Waals surface area (Å²) in [5.41, 5.74) is 3.13. The average molecular weight is 413 g/mol. The van der Waals surface area contributed by atoms with E-state index in [-0.39, 0.29) is 37.0 Å². The Morgan fingerprint density at radius 2 is 1.57 bits per heavy atom. The van der Waals surface area contributed by atoms with Crippen LogP contribution in [0.1, 0.15) is 42.6 Å². The largest absolute Gasteiger partial charge is 0.506 e. The molecule has 0 aliphatic heterocycles. The first kappa shape index (κ1) is 22.9. The molecule has 2 rings (SSSR count). The number of nitrogens with zero attached hydrogens (tertiary/aromatic N) is 2. The summed E-state index contributed by atoms with van der Waals surface area (Å²) in [6, 6.07) is 13.4. The average Bonchev–Trinajstić information content (AvgIpc) is 2.77. The van der Waals surface area contributed by atoms with Crippen molar-refractivity contribution in [2.24, 2.45) is 0 Å². The number of hydrogen-bond donors (Lipinski definition) is 3. The fourth-order valence-corrected chi connectivity index (χ4v) is 3.04. The molecule has 0 heterocycles. The van der Waals surface area contributed by atoms with E-state index in [1.54, 1.807) is 47.4 Å². The van der Waals surface area contributed by atoms with E-state index in [1.165, 1.54) is 16.4 Å². The standard InChI is InChI=1S/C22H27N3O5/c1-3-24(4-2)22(29)17-11-9-16(10-12-17)15-25(18-7-5-6-8-19(18)26)21(28)14-13-20(27)23-30/h5-12,26,30H,3-4,13-15H2,1-2H3,(H,23,27). The van der Waals surface area contributed by atoms with E-state index in [2.05, 4.69) is 0 Å². The minimum absolute atomic E-state index is 0.0600. The van der Waals surface area contributed by atoms with Crippen molar-refractivity contribution in [3.8, 4) is 5.75 Å². The quantitative estimate of drug-likeness (QED) is 0.432. The van der Waals surface area contributed by atoms with Crippen LogP contribution < -0.4 is 10.4 Å². The second-order valence-electron chi connectivity index (χ2n) is 6.68. The van der Waals surface area contributed by atoms with Crippen LogP contribution in [0.4, 0.5) is 5.69 Å². The molecule has 0 bridgehead atoms. The number of aromatic hydroxyl groups is 1. The van der Waals surface area contributed by atoms with Crippen LogP contribution in [0.3, 0.4) is 0 Å². The lowest BCUT2D eigenvalue weighted by molar-refractivity contribution is -0.131. The first-order valence-corrected chi connectivity index (χ1v) is 9.80. The molecule has 3 N–H and O–H groups in total. The second-order valence-corrected chi connectivity index (χ2v) is 6.68. The van der Waals surface area contributed by atoms with E-state index >= 15 is 0 Å². The number of rotatable bonds is 9. The van der Waals surface area contributed by atoms with Crippen LogP contribution in [-0.4, -0.2) is 46.0 Å². The predicted molar refractivity (Wildman–Crippen MR) is 112 cm³/mol. The molecular formula is C22H27N3O5. The summed E-state index contributed by atoms with van der Waals surface area (Å²) in [5.74, 6) is -1.18. The zero-order chi connectivity index (χ0) is 22.1. The van der Waals surface area contributed by atoms with Gasteiger partial charge in [-0.15, -0.1) is 0 Å². The SMILES string of the molecule is CCN(CC)C(=O)c1ccc(CN(C(=O)CCC(=O)NO)c2ccccc2O)cc1. The third-order valence-corrected chi connectivity index (χ3v) is 4.76. The monoisotopic (exact) mass is 413 g/mol. The van der Waals surface area contributed by atoms with Crippen molar-refractivity contribution >= 4 is 23.4 Å². The Hall–Kier alpha value is -3.39. The molecule has 2 aromatic rings. The molecule has 3 amide bonds. The number of carbonyl (C=O) groups excluding carboxylic acids is 3. The normalized spacial score (nSPS) is 10.4. The highest BCUT2D eigenvalue weighted by Gasteiger charge is 2.20. The fraction of sp³-hybridized carbons (Fsp3) is 0.318. The number of anilines is 1. The van der Waals surface area contributed by atoms with Gasteiger partial charge in [0, 0.05) is 31.5 Å². The van der Waals surface area contributed by atoms with Gasteiger partial charge in [0.05, 0.1) is 12.2 Å². The van der Waals surface area contributed by atoms with E-state index in [0.29, 0.717) is 24.3 Å². The highest BCUT2D eigenvalue weighted by atomic mass is 16.5. The molecule has 0 saturated heterocycles. The highest BCUT2D eigenvalue weighted by molar-refractivity contribution is 5.97. The Balaban J connectivity index is 2.23. The molecule has 0 unspecified atom stereocenters. The molecule has 0 aliphatic rings. The third-order valence-electron chi connectivity index (χ3n) is 4.76. The van der Waals surface area contributed by atoms with Gasteiger partial charge in [0.1, 0.15) is 5.75 Å². The molecule has 0 atom stereocenters. The summed E-state index contributed by atoms with van der Waals surface area (Å²) in [6.45, 7) is 5.23. The van der Waals surface area contributed by atoms with E-state index < -0.39 is 5.91 Å². The number of nitrogens with one attached hydrogen (secondary N) is 1. The van der Waals surface area contributed by atoms with Gasteiger partial charge in [0.15, 0.2) is 0 Å². The zero-order valence-electron chi connectivity index (χ0n) is 17.2. The first-order valence-electron chi connectivity index (χ1n) is 9.80. The maximum atomic E-state index is 12.8. The number of carbonyl (C=O) groups is 3. The van der Waals surface area contributed by atoms with Crippen molar-refractivity contribution in [3.05, 3.63) is 59.7 Å². The van der Waals surface area contributed by atoms with Crippen molar-refractivity contribution in [1.82, 2.24) is 10.4 Å². The lowest BCUT2D eigenvalue weighted by Crippen LogP contribution is -2.32. The molecule has 8 heteroatoms. The molecule has 0 spiro atoms. The third kappa shape index (κ3) is 5.81. The van der Waals surface area contributed by atoms with Gasteiger partial charge < -0.3 is 14.9 Å². The van der Waals surface area contributed by atoms with Crippen molar-refractivity contribution in [2.75, 3.05) is 18.0 Å². The molecule has 8 nitrogen and oxygen atoms in total. The number of phenols is 1. The van der Waals surface area contributed by atoms with Crippen molar-refractivity contribution in [3.63, 3.8) is 0 Å². The predicted octanol–water partition coefficient (Wildman–Crippen LogP) is 2.69. The van der Waals surface area contributed by atoms with Crippen LogP contribution >= 0.6 is 0 Å². The van der Waals surface area contributed by atoms with E-state index in [1.807, 2.05) is 13.8 Å². The van der Waals surface area contributed by atoms with Crippen LogP contribution in [0, 0.1) is 0 Å². The van der Waals surface area contributed by atoms with Gasteiger partial charge in [0.25, 0.3) is 5.91 Å². The number of para-hydroxylation sites is 2. The molecule has 160 valence electrons. The maximum Gasteiger partial charge on any atom is 0.253 e. The fourth-order valence-electron chi connectivity index (χ4n) is 3.04. The van der Waals surface area contributed by atoms with Gasteiger partial charge in [-0.2, -0.15) is 0 Å². The smallest absolute Gasteiger partial charge is 0.253 e. The summed E-state index contributed by atoms with van der Waals surface area (Å²) in [7, 11) is 0. The lowest BCUT2D eigenvalue weighted by Gasteiger charge is -2.24. The molecule has 0 saturated carbocycles. The lowest BCUT2D eigenvalue weighted by atomic mass is 10.1. The van der Waals surface area contributed by atoms with Crippen molar-refractivity contribution < 1.29 is 24.7 Å². The second kappa shape index (κ2) is 11.0. The number of hydrogen-bond acceptors (Lipinski definition) is 5. The molecule has 0 aromatic heterocycles. The first-order chi connectivity index (χ1) is 14.4. The summed E-state index contributed by atoms with van der Waals surface area (Å²) in [4.78, 5) is 39.6. The van der Waals surface area contributed by atoms with Crippen LogP contribution in [0.2, 0.25) is 0 Å². The molecular weight excluding hydrogens is 386 g/mol. The summed E-state index contributed by atoms with van der Waals surface area (Å²) < 4.78 is 0. The van der Waals surface area contributed by atoms with Crippen LogP contribution in [0.25, 0.3) is 0 Å². The molecule has 0 fully saturated rings. The highest BCUT2D eigenvalue weighted by Crippen LogP contribution is 2.29. The number of benzene rings is 2. The van der Waals surface area contributed by atoms with E-state index in [4.69, 9.17) is 5.21 Å². The van der Waals surface area contributed by atoms with Crippen molar-refractivity contribution in [2.45, 2.75) is 33.2 Å². The van der Waals surface area contributed by atoms with Gasteiger partial charge in [0.2, 0.25) is 11.8 Å². The molecule has 0 radical (unpaired) electrons. The Morgan fingerprint density at radius 1 is 0.933 bits per heavy atom. The summed E-state index contributed by atoms with van der Waals surface area (Å²) >= 11 is 0. The maximum absolute atomic E-state index is 12.8. The minimum atomic E-state index is -0.667. The van der Waals surface area contributed by atoms with Gasteiger partial charge in [-0.25, -0.2) is 5.48 Å². The Bertz CT molecular complexity index is 879. The van der Waals surface area contributed by atoms with Gasteiger partial charge in [-0.3, -0.25) is 19.6 Å². The molecule has 30 heavy (non-hydrogen) atoms. The van der Waals surface area contributed by atoms with E-state index in [9.17, 15) is 19.5 Å². The zero-order valence-corrected chi connectivity index (χ0v) is 17.2. The topological polar surface area (TPSA) is 110 Å². The van der Waals surface area contributed by atoms with Gasteiger partial charge in [-0.05, 0) is 43.7 Å². The van der Waals surface area contributed by atoms with E-state index in [0.717, 1.165) is 5.56 Å². The molecule has 2 aromatic carbocycles. The van der Waals surface area contributed by atoms with Gasteiger partial charge >= 0.3 is 0 Å². The Kier molecular flexibility index (Phi) is 8.37. The van der Waals surface area contributed by atoms with Gasteiger partial charge in [-0.1, -0.05) is 24.3 Å². The molecule has 0 aliphatic carbocycles. The van der Waals surface area contributed by atoms with Crippen molar-refractivity contribution in [1.29, 1.82) is 0 Å². The Labute approximate surface area is 175 Å². The Morgan fingerprint density at radius 3 is 2.13 bits per heavy atom. The number of amides is 3.